The van der Waals surface area contributed by atoms with Crippen LogP contribution in [-0.4, -0.2) is 34.9 Å². The second kappa shape index (κ2) is 9.05. The van der Waals surface area contributed by atoms with E-state index in [-0.39, 0.29) is 24.4 Å². The first-order valence-corrected chi connectivity index (χ1v) is 8.85. The van der Waals surface area contributed by atoms with E-state index in [1.54, 1.807) is 6.20 Å². The summed E-state index contributed by atoms with van der Waals surface area (Å²) in [5.41, 5.74) is 0.448. The Morgan fingerprint density at radius 3 is 2.58 bits per heavy atom. The molecule has 1 aliphatic rings. The van der Waals surface area contributed by atoms with Gasteiger partial charge in [-0.25, -0.2) is 0 Å². The van der Waals surface area contributed by atoms with E-state index >= 15 is 0 Å². The van der Waals surface area contributed by atoms with Crippen molar-refractivity contribution in [3.63, 3.8) is 0 Å². The number of amides is 1. The number of carbonyl (C=O) groups is 1. The van der Waals surface area contributed by atoms with Crippen LogP contribution < -0.4 is 15.4 Å². The Balaban J connectivity index is 0.00000243. The van der Waals surface area contributed by atoms with Crippen LogP contribution in [0.1, 0.15) is 32.3 Å². The first-order chi connectivity index (χ1) is 12.1. The Hall–Kier alpha value is -2.05. The molecule has 0 atom stereocenters. The Morgan fingerprint density at radius 2 is 2.00 bits per heavy atom. The van der Waals surface area contributed by atoms with Crippen molar-refractivity contribution in [2.24, 2.45) is 0 Å². The maximum Gasteiger partial charge on any atom is 0.248 e. The van der Waals surface area contributed by atoms with Gasteiger partial charge in [-0.1, -0.05) is 12.1 Å². The second-order valence-electron chi connectivity index (χ2n) is 6.73. The van der Waals surface area contributed by atoms with Gasteiger partial charge in [0.15, 0.2) is 0 Å². The van der Waals surface area contributed by atoms with Gasteiger partial charge in [-0.2, -0.15) is 5.10 Å². The fourth-order valence-corrected chi connectivity index (χ4v) is 3.23. The summed E-state index contributed by atoms with van der Waals surface area (Å²) in [7, 11) is 0. The maximum atomic E-state index is 13.0. The number of benzene rings is 1. The van der Waals surface area contributed by atoms with Crippen molar-refractivity contribution in [1.82, 2.24) is 20.4 Å². The zero-order valence-electron chi connectivity index (χ0n) is 15.3. The summed E-state index contributed by atoms with van der Waals surface area (Å²) >= 11 is 0. The van der Waals surface area contributed by atoms with E-state index in [9.17, 15) is 4.79 Å². The van der Waals surface area contributed by atoms with Gasteiger partial charge in [-0.15, -0.1) is 12.4 Å². The van der Waals surface area contributed by atoms with E-state index in [0.717, 1.165) is 37.2 Å². The van der Waals surface area contributed by atoms with Crippen molar-refractivity contribution >= 4 is 18.3 Å². The summed E-state index contributed by atoms with van der Waals surface area (Å²) in [4.78, 5) is 13.0. The van der Waals surface area contributed by atoms with Crippen molar-refractivity contribution in [2.75, 3.05) is 13.1 Å². The largest absolute Gasteiger partial charge is 0.491 e. The molecule has 0 unspecified atom stereocenters. The van der Waals surface area contributed by atoms with Crippen LogP contribution in [0.2, 0.25) is 0 Å². The normalized spacial score (nSPS) is 16.0. The van der Waals surface area contributed by atoms with Gasteiger partial charge in [0.25, 0.3) is 0 Å². The number of halogens is 1. The molecule has 1 aromatic carbocycles. The van der Waals surface area contributed by atoms with E-state index < -0.39 is 5.54 Å². The van der Waals surface area contributed by atoms with Gasteiger partial charge in [-0.3, -0.25) is 9.48 Å². The first-order valence-electron chi connectivity index (χ1n) is 8.85. The Kier molecular flexibility index (Phi) is 7.06. The zero-order valence-corrected chi connectivity index (χ0v) is 16.1. The van der Waals surface area contributed by atoms with Gasteiger partial charge < -0.3 is 15.4 Å². The van der Waals surface area contributed by atoms with E-state index in [4.69, 9.17) is 4.74 Å². The van der Waals surface area contributed by atoms with Crippen molar-refractivity contribution < 1.29 is 9.53 Å². The topological polar surface area (TPSA) is 68.2 Å². The van der Waals surface area contributed by atoms with Crippen LogP contribution >= 0.6 is 12.4 Å². The molecule has 6 nitrogen and oxygen atoms in total. The molecule has 0 bridgehead atoms. The Labute approximate surface area is 160 Å². The smallest absolute Gasteiger partial charge is 0.248 e. The van der Waals surface area contributed by atoms with Gasteiger partial charge in [0.05, 0.1) is 6.10 Å². The molecule has 1 amide bonds. The molecule has 2 heterocycles. The molecule has 0 saturated carbocycles. The number of carbonyl (C=O) groups excluding carboxylic acids is 1. The summed E-state index contributed by atoms with van der Waals surface area (Å²) in [6.07, 6.45) is 5.23. The van der Waals surface area contributed by atoms with Crippen molar-refractivity contribution in [2.45, 2.75) is 44.9 Å². The summed E-state index contributed by atoms with van der Waals surface area (Å²) in [6, 6.07) is 9.72. The fraction of sp³-hybridized carbons (Fsp3) is 0.474. The van der Waals surface area contributed by atoms with Crippen LogP contribution in [-0.2, 0) is 16.9 Å². The van der Waals surface area contributed by atoms with Crippen molar-refractivity contribution in [1.29, 1.82) is 0 Å². The maximum absolute atomic E-state index is 13.0. The second-order valence-corrected chi connectivity index (χ2v) is 6.73. The minimum atomic E-state index is -0.602. The lowest BCUT2D eigenvalue weighted by Crippen LogP contribution is -2.54. The predicted molar refractivity (Wildman–Crippen MR) is 104 cm³/mol. The van der Waals surface area contributed by atoms with E-state index in [2.05, 4.69) is 15.7 Å². The summed E-state index contributed by atoms with van der Waals surface area (Å²) < 4.78 is 7.46. The average molecular weight is 379 g/mol. The molecule has 142 valence electrons. The van der Waals surface area contributed by atoms with E-state index in [0.29, 0.717) is 6.54 Å². The van der Waals surface area contributed by atoms with Crippen molar-refractivity contribution in [3.05, 3.63) is 48.3 Å². The third kappa shape index (κ3) is 4.56. The van der Waals surface area contributed by atoms with Gasteiger partial charge in [0.1, 0.15) is 11.3 Å². The lowest BCUT2D eigenvalue weighted by molar-refractivity contribution is -0.132. The minimum Gasteiger partial charge on any atom is -0.491 e. The molecule has 26 heavy (non-hydrogen) atoms. The number of rotatable bonds is 6. The molecule has 0 aliphatic carbocycles. The molecular formula is C19H27ClN4O2. The highest BCUT2D eigenvalue weighted by Crippen LogP contribution is 2.27. The van der Waals surface area contributed by atoms with Crippen LogP contribution in [0.25, 0.3) is 0 Å². The number of hydrogen-bond acceptors (Lipinski definition) is 4. The highest BCUT2D eigenvalue weighted by atomic mass is 35.5. The molecule has 1 fully saturated rings. The molecule has 7 heteroatoms. The highest BCUT2D eigenvalue weighted by molar-refractivity contribution is 5.85. The molecule has 0 spiro atoms. The third-order valence-electron chi connectivity index (χ3n) is 4.54. The minimum absolute atomic E-state index is 0. The average Bonchev–Trinajstić information content (AvgIpc) is 3.16. The van der Waals surface area contributed by atoms with Gasteiger partial charge in [0.2, 0.25) is 5.91 Å². The number of nitrogens with one attached hydrogen (secondary N) is 2. The van der Waals surface area contributed by atoms with Gasteiger partial charge >= 0.3 is 0 Å². The SMILES string of the molecule is CC(C)Oc1ccc(CNC(=O)C2(n3cccn3)CCNCC2)cc1.Cl. The quantitative estimate of drug-likeness (QED) is 0.810. The predicted octanol–water partition coefficient (Wildman–Crippen LogP) is 2.49. The van der Waals surface area contributed by atoms with E-state index in [1.807, 2.05) is 55.1 Å². The van der Waals surface area contributed by atoms with Crippen LogP contribution in [0.5, 0.6) is 5.75 Å². The van der Waals surface area contributed by atoms with E-state index in [1.165, 1.54) is 0 Å². The van der Waals surface area contributed by atoms with Gasteiger partial charge in [0, 0.05) is 18.9 Å². The molecular weight excluding hydrogens is 352 g/mol. The highest BCUT2D eigenvalue weighted by Gasteiger charge is 2.41. The molecule has 3 rings (SSSR count). The monoisotopic (exact) mass is 378 g/mol. The number of ether oxygens (including phenoxy) is 1. The fourth-order valence-electron chi connectivity index (χ4n) is 3.23. The standard InChI is InChI=1S/C19H26N4O2.ClH/c1-15(2)25-17-6-4-16(5-7-17)14-21-18(24)19(8-11-20-12-9-19)23-13-3-10-22-23;/h3-7,10,13,15,20H,8-9,11-12,14H2,1-2H3,(H,21,24);1H. The van der Waals surface area contributed by atoms with Crippen LogP contribution in [0.15, 0.2) is 42.7 Å². The lowest BCUT2D eigenvalue weighted by Gasteiger charge is -2.36. The molecule has 1 saturated heterocycles. The third-order valence-corrected chi connectivity index (χ3v) is 4.54. The molecule has 1 aliphatic heterocycles. The number of nitrogens with zero attached hydrogens (tertiary/aromatic N) is 2. The Bertz CT molecular complexity index is 680. The first kappa shape index (κ1) is 20.3. The molecule has 2 aromatic rings. The number of hydrogen-bond donors (Lipinski definition) is 2. The van der Waals surface area contributed by atoms with Crippen molar-refractivity contribution in [3.8, 4) is 5.75 Å². The lowest BCUT2D eigenvalue weighted by atomic mass is 9.87. The Morgan fingerprint density at radius 1 is 1.31 bits per heavy atom. The molecule has 2 N–H and O–H groups in total. The summed E-state index contributed by atoms with van der Waals surface area (Å²) in [6.45, 7) is 6.13. The van der Waals surface area contributed by atoms with Crippen LogP contribution in [0.3, 0.4) is 0 Å². The zero-order chi connectivity index (χ0) is 17.7. The molecule has 0 radical (unpaired) electrons. The van der Waals surface area contributed by atoms with Gasteiger partial charge in [-0.05, 0) is 63.5 Å². The van der Waals surface area contributed by atoms with Crippen LogP contribution in [0, 0.1) is 0 Å². The summed E-state index contributed by atoms with van der Waals surface area (Å²) in [5, 5.41) is 10.7. The summed E-state index contributed by atoms with van der Waals surface area (Å²) in [5.74, 6) is 0.872. The number of piperidine rings is 1. The van der Waals surface area contributed by atoms with Crippen LogP contribution in [0.4, 0.5) is 0 Å². The number of aromatic nitrogens is 2. The molecule has 1 aromatic heterocycles.